The molecular formula is C10H8N2O4. The van der Waals surface area contributed by atoms with Crippen LogP contribution in [-0.2, 0) is 0 Å². The lowest BCUT2D eigenvalue weighted by molar-refractivity contribution is -0.383. The van der Waals surface area contributed by atoms with Crippen molar-refractivity contribution in [2.24, 2.45) is 0 Å². The van der Waals surface area contributed by atoms with E-state index in [1.807, 2.05) is 0 Å². The van der Waals surface area contributed by atoms with Crippen LogP contribution < -0.4 is 10.3 Å². The second kappa shape index (κ2) is 3.65. The molecule has 0 radical (unpaired) electrons. The predicted octanol–water partition coefficient (Wildman–Crippen LogP) is 1.44. The summed E-state index contributed by atoms with van der Waals surface area (Å²) in [6, 6.07) is 5.73. The molecular weight excluding hydrogens is 212 g/mol. The summed E-state index contributed by atoms with van der Waals surface area (Å²) in [6.45, 7) is 0. The number of aromatic nitrogens is 1. The van der Waals surface area contributed by atoms with Gasteiger partial charge in [-0.25, -0.2) is 0 Å². The van der Waals surface area contributed by atoms with Crippen molar-refractivity contribution in [1.82, 2.24) is 4.98 Å². The highest BCUT2D eigenvalue weighted by Crippen LogP contribution is 2.28. The SMILES string of the molecule is COc1cc([N+](=O)[O-])c2[nH]c(=O)ccc2c1. The molecule has 0 aliphatic heterocycles. The Morgan fingerprint density at radius 2 is 2.12 bits per heavy atom. The average molecular weight is 220 g/mol. The number of fused-ring (bicyclic) bond motifs is 1. The Morgan fingerprint density at radius 1 is 1.38 bits per heavy atom. The third kappa shape index (κ3) is 1.60. The number of nitro benzene ring substituents is 1. The summed E-state index contributed by atoms with van der Waals surface area (Å²) in [5.41, 5.74) is -0.342. The Balaban J connectivity index is 2.87. The van der Waals surface area contributed by atoms with Crippen LogP contribution in [0.25, 0.3) is 10.9 Å². The van der Waals surface area contributed by atoms with Crippen LogP contribution in [-0.4, -0.2) is 17.0 Å². The number of benzene rings is 1. The number of ether oxygens (including phenoxy) is 1. The van der Waals surface area contributed by atoms with Gasteiger partial charge in [-0.1, -0.05) is 0 Å². The minimum Gasteiger partial charge on any atom is -0.496 e. The molecule has 82 valence electrons. The Labute approximate surface area is 89.6 Å². The van der Waals surface area contributed by atoms with E-state index in [-0.39, 0.29) is 16.8 Å². The molecule has 0 aliphatic carbocycles. The molecule has 1 aromatic heterocycles. The minimum atomic E-state index is -0.555. The van der Waals surface area contributed by atoms with Gasteiger partial charge < -0.3 is 9.72 Å². The van der Waals surface area contributed by atoms with Crippen LogP contribution in [0.2, 0.25) is 0 Å². The number of H-pyrrole nitrogens is 1. The number of nitrogens with one attached hydrogen (secondary N) is 1. The second-order valence-electron chi connectivity index (χ2n) is 3.19. The normalized spacial score (nSPS) is 10.3. The number of nitro groups is 1. The number of aromatic amines is 1. The third-order valence-corrected chi connectivity index (χ3v) is 2.22. The van der Waals surface area contributed by atoms with Gasteiger partial charge in [-0.3, -0.25) is 14.9 Å². The van der Waals surface area contributed by atoms with E-state index < -0.39 is 4.92 Å². The van der Waals surface area contributed by atoms with Crippen molar-refractivity contribution in [3.05, 3.63) is 44.7 Å². The number of rotatable bonds is 2. The van der Waals surface area contributed by atoms with Gasteiger partial charge in [0, 0.05) is 11.5 Å². The maximum Gasteiger partial charge on any atom is 0.297 e. The molecule has 0 bridgehead atoms. The molecule has 0 unspecified atom stereocenters. The minimum absolute atomic E-state index is 0.174. The Kier molecular flexibility index (Phi) is 2.32. The third-order valence-electron chi connectivity index (χ3n) is 2.22. The van der Waals surface area contributed by atoms with Gasteiger partial charge in [-0.2, -0.15) is 0 Å². The van der Waals surface area contributed by atoms with E-state index >= 15 is 0 Å². The fourth-order valence-corrected chi connectivity index (χ4v) is 1.48. The number of non-ortho nitro benzene ring substituents is 1. The quantitative estimate of drug-likeness (QED) is 0.613. The van der Waals surface area contributed by atoms with Crippen molar-refractivity contribution in [2.75, 3.05) is 7.11 Å². The highest BCUT2D eigenvalue weighted by Gasteiger charge is 2.14. The molecule has 0 amide bonds. The molecule has 1 heterocycles. The fraction of sp³-hybridized carbons (Fsp3) is 0.100. The summed E-state index contributed by atoms with van der Waals surface area (Å²) in [4.78, 5) is 23.8. The molecule has 0 saturated heterocycles. The molecule has 1 aromatic carbocycles. The van der Waals surface area contributed by atoms with Crippen molar-refractivity contribution in [3.63, 3.8) is 0 Å². The van der Waals surface area contributed by atoms with E-state index in [1.54, 1.807) is 6.07 Å². The first-order chi connectivity index (χ1) is 7.61. The summed E-state index contributed by atoms with van der Waals surface area (Å²) in [6.07, 6.45) is 0. The molecule has 1 N–H and O–H groups in total. The van der Waals surface area contributed by atoms with E-state index in [0.29, 0.717) is 11.1 Å². The molecule has 6 heteroatoms. The molecule has 2 aromatic rings. The highest BCUT2D eigenvalue weighted by atomic mass is 16.6. The molecule has 0 spiro atoms. The smallest absolute Gasteiger partial charge is 0.297 e. The first-order valence-corrected chi connectivity index (χ1v) is 4.47. The van der Waals surface area contributed by atoms with Crippen molar-refractivity contribution in [3.8, 4) is 5.75 Å². The van der Waals surface area contributed by atoms with Crippen LogP contribution in [0.3, 0.4) is 0 Å². The molecule has 16 heavy (non-hydrogen) atoms. The van der Waals surface area contributed by atoms with Crippen molar-refractivity contribution in [2.45, 2.75) is 0 Å². The first-order valence-electron chi connectivity index (χ1n) is 4.47. The average Bonchev–Trinajstić information content (AvgIpc) is 2.27. The Bertz CT molecular complexity index is 618. The number of hydrogen-bond acceptors (Lipinski definition) is 4. The molecule has 0 fully saturated rings. The highest BCUT2D eigenvalue weighted by molar-refractivity contribution is 5.88. The van der Waals surface area contributed by atoms with Gasteiger partial charge in [0.2, 0.25) is 5.56 Å². The number of pyridine rings is 1. The Hall–Kier alpha value is -2.37. The van der Waals surface area contributed by atoms with Crippen molar-refractivity contribution >= 4 is 16.6 Å². The number of nitrogens with zero attached hydrogens (tertiary/aromatic N) is 1. The topological polar surface area (TPSA) is 85.2 Å². The van der Waals surface area contributed by atoms with Crippen LogP contribution in [0.1, 0.15) is 0 Å². The predicted molar refractivity (Wildman–Crippen MR) is 57.8 cm³/mol. The van der Waals surface area contributed by atoms with E-state index in [2.05, 4.69) is 4.98 Å². The lowest BCUT2D eigenvalue weighted by Gasteiger charge is -2.03. The van der Waals surface area contributed by atoms with Gasteiger partial charge >= 0.3 is 0 Å². The Morgan fingerprint density at radius 3 is 2.75 bits per heavy atom. The van der Waals surface area contributed by atoms with Crippen LogP contribution in [0.4, 0.5) is 5.69 Å². The lowest BCUT2D eigenvalue weighted by Crippen LogP contribution is -2.04. The van der Waals surface area contributed by atoms with Crippen LogP contribution in [0.5, 0.6) is 5.75 Å². The summed E-state index contributed by atoms with van der Waals surface area (Å²) in [7, 11) is 1.43. The second-order valence-corrected chi connectivity index (χ2v) is 3.19. The van der Waals surface area contributed by atoms with Gasteiger partial charge in [0.1, 0.15) is 11.3 Å². The van der Waals surface area contributed by atoms with E-state index in [9.17, 15) is 14.9 Å². The van der Waals surface area contributed by atoms with E-state index in [1.165, 1.54) is 25.3 Å². The molecule has 0 aliphatic rings. The molecule has 2 rings (SSSR count). The molecule has 0 atom stereocenters. The van der Waals surface area contributed by atoms with Gasteiger partial charge in [-0.05, 0) is 12.1 Å². The molecule has 0 saturated carbocycles. The van der Waals surface area contributed by atoms with Gasteiger partial charge in [0.25, 0.3) is 5.69 Å². The van der Waals surface area contributed by atoms with Crippen molar-refractivity contribution in [1.29, 1.82) is 0 Å². The standard InChI is InChI=1S/C10H8N2O4/c1-16-7-4-6-2-3-9(13)11-10(6)8(5-7)12(14)15/h2-5H,1H3,(H,11,13). The maximum atomic E-state index is 11.1. The monoisotopic (exact) mass is 220 g/mol. The van der Waals surface area contributed by atoms with Crippen LogP contribution in [0.15, 0.2) is 29.1 Å². The van der Waals surface area contributed by atoms with Crippen LogP contribution in [0, 0.1) is 10.1 Å². The zero-order valence-electron chi connectivity index (χ0n) is 8.39. The summed E-state index contributed by atoms with van der Waals surface area (Å²) < 4.78 is 4.95. The van der Waals surface area contributed by atoms with Crippen LogP contribution >= 0.6 is 0 Å². The molecule has 6 nitrogen and oxygen atoms in total. The fourth-order valence-electron chi connectivity index (χ4n) is 1.48. The number of methoxy groups -OCH3 is 1. The number of hydrogen-bond donors (Lipinski definition) is 1. The van der Waals surface area contributed by atoms with E-state index in [4.69, 9.17) is 4.74 Å². The maximum absolute atomic E-state index is 11.1. The van der Waals surface area contributed by atoms with Gasteiger partial charge in [-0.15, -0.1) is 0 Å². The summed E-state index contributed by atoms with van der Waals surface area (Å²) in [5.74, 6) is 0.381. The van der Waals surface area contributed by atoms with E-state index in [0.717, 1.165) is 0 Å². The largest absolute Gasteiger partial charge is 0.496 e. The van der Waals surface area contributed by atoms with Gasteiger partial charge in [0.05, 0.1) is 18.1 Å². The first kappa shape index (κ1) is 10.2. The summed E-state index contributed by atoms with van der Waals surface area (Å²) >= 11 is 0. The summed E-state index contributed by atoms with van der Waals surface area (Å²) in [5, 5.41) is 11.4. The van der Waals surface area contributed by atoms with Crippen molar-refractivity contribution < 1.29 is 9.66 Å². The zero-order valence-corrected chi connectivity index (χ0v) is 8.39. The van der Waals surface area contributed by atoms with Gasteiger partial charge in [0.15, 0.2) is 0 Å². The zero-order chi connectivity index (χ0) is 11.7. The lowest BCUT2D eigenvalue weighted by atomic mass is 10.2.